The number of hydrogen-bond acceptors (Lipinski definition) is 4. The molecule has 2 N–H and O–H groups in total. The fourth-order valence-corrected chi connectivity index (χ4v) is 2.65. The van der Waals surface area contributed by atoms with E-state index in [2.05, 4.69) is 0 Å². The third-order valence-corrected chi connectivity index (χ3v) is 3.91. The Labute approximate surface area is 117 Å². The first-order valence-corrected chi connectivity index (χ1v) is 6.70. The lowest BCUT2D eigenvalue weighted by molar-refractivity contribution is -0.385. The van der Waals surface area contributed by atoms with Crippen LogP contribution in [0, 0.1) is 23.0 Å². The van der Waals surface area contributed by atoms with Gasteiger partial charge in [0.05, 0.1) is 4.92 Å². The molecule has 6 nitrogen and oxygen atoms in total. The predicted molar refractivity (Wildman–Crippen MR) is 75.5 cm³/mol. The third-order valence-electron chi connectivity index (χ3n) is 3.91. The number of nitro groups is 1. The van der Waals surface area contributed by atoms with Crippen molar-refractivity contribution < 1.29 is 9.72 Å². The fraction of sp³-hybridized carbons (Fsp3) is 0.500. The molecule has 1 amide bonds. The number of nitrogens with two attached hydrogens (primary N) is 1. The number of nitrogens with zero attached hydrogens (tertiary/aromatic N) is 2. The minimum atomic E-state index is -0.484. The first-order chi connectivity index (χ1) is 9.41. The second-order valence-corrected chi connectivity index (χ2v) is 5.39. The lowest BCUT2D eigenvalue weighted by atomic mass is 10.0. The summed E-state index contributed by atoms with van der Waals surface area (Å²) in [5, 5.41) is 11.1. The highest BCUT2D eigenvalue weighted by atomic mass is 16.6. The van der Waals surface area contributed by atoms with Gasteiger partial charge in [-0.1, -0.05) is 12.1 Å². The second kappa shape index (κ2) is 5.58. The number of nitro benzene ring substituents is 1. The summed E-state index contributed by atoms with van der Waals surface area (Å²) in [6, 6.07) is 4.87. The Bertz CT molecular complexity index is 542. The molecule has 6 heteroatoms. The van der Waals surface area contributed by atoms with E-state index in [0.29, 0.717) is 18.7 Å². The van der Waals surface area contributed by atoms with Crippen LogP contribution in [0.1, 0.15) is 29.3 Å². The fourth-order valence-electron chi connectivity index (χ4n) is 2.65. The van der Waals surface area contributed by atoms with E-state index in [1.54, 1.807) is 24.0 Å². The van der Waals surface area contributed by atoms with E-state index in [-0.39, 0.29) is 29.1 Å². The van der Waals surface area contributed by atoms with Gasteiger partial charge in [-0.2, -0.15) is 0 Å². The van der Waals surface area contributed by atoms with Crippen LogP contribution in [-0.4, -0.2) is 34.9 Å². The number of carbonyl (C=O) groups excluding carboxylic acids is 1. The third kappa shape index (κ3) is 2.65. The number of para-hydroxylation sites is 1. The summed E-state index contributed by atoms with van der Waals surface area (Å²) in [5.41, 5.74) is 6.43. The van der Waals surface area contributed by atoms with Crippen molar-refractivity contribution in [3.63, 3.8) is 0 Å². The van der Waals surface area contributed by atoms with Crippen LogP contribution in [-0.2, 0) is 0 Å². The maximum Gasteiger partial charge on any atom is 0.285 e. The van der Waals surface area contributed by atoms with E-state index in [0.717, 1.165) is 6.42 Å². The number of likely N-dealkylation sites (tertiary alicyclic amines) is 1. The largest absolute Gasteiger partial charge is 0.338 e. The zero-order valence-corrected chi connectivity index (χ0v) is 11.7. The monoisotopic (exact) mass is 277 g/mol. The Kier molecular flexibility index (Phi) is 4.04. The number of rotatable bonds is 3. The van der Waals surface area contributed by atoms with Gasteiger partial charge in [-0.05, 0) is 32.3 Å². The van der Waals surface area contributed by atoms with Crippen molar-refractivity contribution in [3.05, 3.63) is 39.4 Å². The van der Waals surface area contributed by atoms with Crippen molar-refractivity contribution >= 4 is 11.6 Å². The molecule has 0 aliphatic carbocycles. The van der Waals surface area contributed by atoms with Crippen molar-refractivity contribution in [3.8, 4) is 0 Å². The second-order valence-electron chi connectivity index (χ2n) is 5.39. The van der Waals surface area contributed by atoms with Crippen LogP contribution in [0.5, 0.6) is 0 Å². The van der Waals surface area contributed by atoms with Gasteiger partial charge in [-0.25, -0.2) is 0 Å². The van der Waals surface area contributed by atoms with Gasteiger partial charge < -0.3 is 10.6 Å². The Morgan fingerprint density at radius 1 is 1.55 bits per heavy atom. The quantitative estimate of drug-likeness (QED) is 0.672. The van der Waals surface area contributed by atoms with E-state index in [4.69, 9.17) is 5.73 Å². The molecule has 108 valence electrons. The van der Waals surface area contributed by atoms with E-state index < -0.39 is 4.92 Å². The maximum atomic E-state index is 12.5. The van der Waals surface area contributed by atoms with E-state index in [9.17, 15) is 14.9 Å². The number of carbonyl (C=O) groups is 1. The van der Waals surface area contributed by atoms with Gasteiger partial charge in [0.1, 0.15) is 5.56 Å². The average Bonchev–Trinajstić information content (AvgIpc) is 2.86. The molecule has 2 rings (SSSR count). The Morgan fingerprint density at radius 2 is 2.25 bits per heavy atom. The number of aryl methyl sites for hydroxylation is 1. The molecule has 20 heavy (non-hydrogen) atoms. The number of benzene rings is 1. The van der Waals surface area contributed by atoms with Crippen LogP contribution in [0.3, 0.4) is 0 Å². The number of amides is 1. The minimum Gasteiger partial charge on any atom is -0.338 e. The van der Waals surface area contributed by atoms with E-state index in [1.165, 1.54) is 6.07 Å². The molecule has 0 bridgehead atoms. The van der Waals surface area contributed by atoms with Gasteiger partial charge in [0.2, 0.25) is 0 Å². The summed E-state index contributed by atoms with van der Waals surface area (Å²) in [6.45, 7) is 4.75. The summed E-state index contributed by atoms with van der Waals surface area (Å²) >= 11 is 0. The molecule has 0 aromatic heterocycles. The first kappa shape index (κ1) is 14.5. The van der Waals surface area contributed by atoms with Gasteiger partial charge in [0.25, 0.3) is 11.6 Å². The molecule has 0 spiro atoms. The van der Waals surface area contributed by atoms with Gasteiger partial charge in [0.15, 0.2) is 0 Å². The zero-order valence-electron chi connectivity index (χ0n) is 11.7. The highest BCUT2D eigenvalue weighted by molar-refractivity contribution is 5.98. The summed E-state index contributed by atoms with van der Waals surface area (Å²) in [7, 11) is 0. The molecular weight excluding hydrogens is 258 g/mol. The van der Waals surface area contributed by atoms with Crippen LogP contribution < -0.4 is 5.73 Å². The van der Waals surface area contributed by atoms with Crippen LogP contribution in [0.2, 0.25) is 0 Å². The zero-order chi connectivity index (χ0) is 14.9. The maximum absolute atomic E-state index is 12.5. The lowest BCUT2D eigenvalue weighted by Crippen LogP contribution is -2.33. The van der Waals surface area contributed by atoms with Crippen LogP contribution in [0.15, 0.2) is 18.2 Å². The highest BCUT2D eigenvalue weighted by Crippen LogP contribution is 2.27. The van der Waals surface area contributed by atoms with Crippen molar-refractivity contribution in [1.82, 2.24) is 4.90 Å². The summed E-state index contributed by atoms with van der Waals surface area (Å²) in [5.74, 6) is -0.00800. The molecule has 2 atom stereocenters. The Hall–Kier alpha value is -1.95. The molecule has 0 radical (unpaired) electrons. The van der Waals surface area contributed by atoms with E-state index >= 15 is 0 Å². The molecule has 1 fully saturated rings. The van der Waals surface area contributed by atoms with Crippen molar-refractivity contribution in [2.45, 2.75) is 26.3 Å². The number of hydrogen-bond donors (Lipinski definition) is 1. The van der Waals surface area contributed by atoms with Crippen LogP contribution >= 0.6 is 0 Å². The van der Waals surface area contributed by atoms with Crippen molar-refractivity contribution in [2.75, 3.05) is 13.1 Å². The van der Waals surface area contributed by atoms with Gasteiger partial charge in [-0.15, -0.1) is 0 Å². The molecule has 1 aliphatic heterocycles. The summed E-state index contributed by atoms with van der Waals surface area (Å²) < 4.78 is 0. The average molecular weight is 277 g/mol. The molecule has 2 unspecified atom stereocenters. The van der Waals surface area contributed by atoms with Crippen LogP contribution in [0.25, 0.3) is 0 Å². The SMILES string of the molecule is Cc1cccc(C(=O)N2CCC(C(C)N)C2)c1[N+](=O)[O-]. The van der Waals surface area contributed by atoms with Crippen LogP contribution in [0.4, 0.5) is 5.69 Å². The molecule has 1 aliphatic rings. The topological polar surface area (TPSA) is 89.5 Å². The van der Waals surface area contributed by atoms with Crippen molar-refractivity contribution in [2.24, 2.45) is 11.7 Å². The van der Waals surface area contributed by atoms with Gasteiger partial charge in [-0.3, -0.25) is 14.9 Å². The molecular formula is C14H19N3O3. The van der Waals surface area contributed by atoms with E-state index in [1.807, 2.05) is 6.92 Å². The van der Waals surface area contributed by atoms with Gasteiger partial charge in [0, 0.05) is 24.7 Å². The minimum absolute atomic E-state index is 0.0281. The Morgan fingerprint density at radius 3 is 2.80 bits per heavy atom. The van der Waals surface area contributed by atoms with Crippen molar-refractivity contribution in [1.29, 1.82) is 0 Å². The lowest BCUT2D eigenvalue weighted by Gasteiger charge is -2.18. The standard InChI is InChI=1S/C14H19N3O3/c1-9-4-3-5-12(13(9)17(19)20)14(18)16-7-6-11(8-16)10(2)15/h3-5,10-11H,6-8,15H2,1-2H3. The molecule has 1 saturated heterocycles. The first-order valence-electron chi connectivity index (χ1n) is 6.70. The smallest absolute Gasteiger partial charge is 0.285 e. The molecule has 1 heterocycles. The molecule has 1 aromatic carbocycles. The molecule has 1 aromatic rings. The Balaban J connectivity index is 2.27. The molecule has 0 saturated carbocycles. The summed E-state index contributed by atoms with van der Waals surface area (Å²) in [4.78, 5) is 24.8. The van der Waals surface area contributed by atoms with Gasteiger partial charge >= 0.3 is 0 Å². The highest BCUT2D eigenvalue weighted by Gasteiger charge is 2.32. The normalized spacial score (nSPS) is 19.9. The predicted octanol–water partition coefficient (Wildman–Crippen LogP) is 1.71. The summed E-state index contributed by atoms with van der Waals surface area (Å²) in [6.07, 6.45) is 0.850.